The molecule has 3 amide bonds. The van der Waals surface area contributed by atoms with Crippen molar-refractivity contribution < 1.29 is 19.1 Å². The van der Waals surface area contributed by atoms with Crippen LogP contribution in [0.3, 0.4) is 0 Å². The topological polar surface area (TPSA) is 99.8 Å². The number of aryl methyl sites for hydroxylation is 1. The highest BCUT2D eigenvalue weighted by Crippen LogP contribution is 2.36. The molecule has 2 fully saturated rings. The molecule has 3 heterocycles. The predicted molar refractivity (Wildman–Crippen MR) is 171 cm³/mol. The number of ether oxygens (including phenoxy) is 1. The molecule has 1 spiro atoms. The third-order valence-corrected chi connectivity index (χ3v) is 10.1. The first kappa shape index (κ1) is 30.5. The molecule has 2 aromatic carbocycles. The molecule has 0 saturated carbocycles. The molecule has 4 aliphatic rings. The van der Waals surface area contributed by atoms with E-state index in [-0.39, 0.29) is 29.7 Å². The lowest BCUT2D eigenvalue weighted by Gasteiger charge is -2.40. The molecule has 0 bridgehead atoms. The normalized spacial score (nSPS) is 26.6. The molecule has 234 valence electrons. The van der Waals surface area contributed by atoms with Crippen LogP contribution in [-0.4, -0.2) is 67.6 Å². The largest absolute Gasteiger partial charge is 0.381 e. The number of allylic oxidation sites excluding steroid dienone is 2. The minimum atomic E-state index is -0.658. The number of fused-ring (bicyclic) bond motifs is 2. The van der Waals surface area contributed by atoms with Gasteiger partial charge in [0, 0.05) is 44.5 Å². The third-order valence-electron chi connectivity index (χ3n) is 10.1. The zero-order valence-electron chi connectivity index (χ0n) is 25.7. The monoisotopic (exact) mass is 598 g/mol. The van der Waals surface area contributed by atoms with Crippen molar-refractivity contribution in [3.63, 3.8) is 0 Å². The number of hydrogen-bond donors (Lipinski definition) is 3. The summed E-state index contributed by atoms with van der Waals surface area (Å²) in [5, 5.41) is 9.70. The fourth-order valence-corrected chi connectivity index (χ4v) is 7.49. The molecule has 44 heavy (non-hydrogen) atoms. The van der Waals surface area contributed by atoms with E-state index in [4.69, 9.17) is 4.74 Å². The van der Waals surface area contributed by atoms with E-state index >= 15 is 0 Å². The van der Waals surface area contributed by atoms with Crippen molar-refractivity contribution in [1.82, 2.24) is 15.5 Å². The highest BCUT2D eigenvalue weighted by Gasteiger charge is 2.41. The molecule has 2 saturated heterocycles. The molecule has 0 unspecified atom stereocenters. The Labute approximate surface area is 261 Å². The minimum Gasteiger partial charge on any atom is -0.381 e. The van der Waals surface area contributed by atoms with Gasteiger partial charge in [-0.1, -0.05) is 54.6 Å². The van der Waals surface area contributed by atoms with Gasteiger partial charge in [0.2, 0.25) is 17.7 Å². The summed E-state index contributed by atoms with van der Waals surface area (Å²) in [6.45, 7) is 2.88. The van der Waals surface area contributed by atoms with Gasteiger partial charge < -0.3 is 20.7 Å². The van der Waals surface area contributed by atoms with Crippen molar-refractivity contribution in [3.05, 3.63) is 77.4 Å². The Morgan fingerprint density at radius 3 is 2.64 bits per heavy atom. The van der Waals surface area contributed by atoms with Gasteiger partial charge in [0.25, 0.3) is 0 Å². The number of carbonyl (C=O) groups excluding carboxylic acids is 3. The van der Waals surface area contributed by atoms with Crippen LogP contribution in [-0.2, 0) is 38.4 Å². The number of nitrogens with one attached hydrogen (secondary N) is 3. The molecule has 3 N–H and O–H groups in total. The molecular formula is C36H46N4O4. The Morgan fingerprint density at radius 1 is 0.977 bits per heavy atom. The van der Waals surface area contributed by atoms with Gasteiger partial charge >= 0.3 is 0 Å². The first-order chi connectivity index (χ1) is 21.5. The molecule has 0 aromatic heterocycles. The second-order valence-corrected chi connectivity index (χ2v) is 13.1. The quantitative estimate of drug-likeness (QED) is 0.449. The molecule has 8 nitrogen and oxygen atoms in total. The second kappa shape index (κ2) is 14.1. The van der Waals surface area contributed by atoms with E-state index in [1.54, 1.807) is 0 Å². The van der Waals surface area contributed by atoms with Crippen molar-refractivity contribution in [3.8, 4) is 0 Å². The van der Waals surface area contributed by atoms with E-state index in [1.165, 1.54) is 24.0 Å². The number of hydrogen-bond acceptors (Lipinski definition) is 5. The molecule has 0 radical (unpaired) electrons. The van der Waals surface area contributed by atoms with Crippen molar-refractivity contribution >= 4 is 23.4 Å². The van der Waals surface area contributed by atoms with Crippen molar-refractivity contribution in [2.24, 2.45) is 11.3 Å². The van der Waals surface area contributed by atoms with E-state index in [1.807, 2.05) is 42.5 Å². The van der Waals surface area contributed by atoms with Crippen LogP contribution in [0.2, 0.25) is 0 Å². The molecule has 1 aliphatic carbocycles. The zero-order chi connectivity index (χ0) is 30.4. The van der Waals surface area contributed by atoms with Crippen LogP contribution in [0, 0.1) is 11.3 Å². The van der Waals surface area contributed by atoms with Gasteiger partial charge in [-0.2, -0.15) is 0 Å². The first-order valence-corrected chi connectivity index (χ1v) is 16.5. The maximum Gasteiger partial charge on any atom is 0.243 e. The molecule has 3 aliphatic heterocycles. The van der Waals surface area contributed by atoms with Gasteiger partial charge in [-0.05, 0) is 86.5 Å². The summed E-state index contributed by atoms with van der Waals surface area (Å²) in [5.41, 5.74) is 4.04. The van der Waals surface area contributed by atoms with E-state index in [0.717, 1.165) is 50.0 Å². The van der Waals surface area contributed by atoms with Gasteiger partial charge in [-0.25, -0.2) is 0 Å². The van der Waals surface area contributed by atoms with Crippen LogP contribution in [0.25, 0.3) is 0 Å². The average Bonchev–Trinajstić information content (AvgIpc) is 3.04. The molecule has 3 atom stereocenters. The van der Waals surface area contributed by atoms with Crippen molar-refractivity contribution in [1.29, 1.82) is 0 Å². The summed E-state index contributed by atoms with van der Waals surface area (Å²) in [4.78, 5) is 43.0. The Balaban J connectivity index is 1.16. The summed E-state index contributed by atoms with van der Waals surface area (Å²) in [6, 6.07) is 15.4. The Morgan fingerprint density at radius 2 is 1.80 bits per heavy atom. The fourth-order valence-electron chi connectivity index (χ4n) is 7.49. The molecular weight excluding hydrogens is 552 g/mol. The maximum atomic E-state index is 13.8. The number of anilines is 1. The number of likely N-dealkylation sites (tertiary alicyclic amines) is 1. The average molecular weight is 599 g/mol. The molecule has 6 rings (SSSR count). The number of carbonyl (C=O) groups is 3. The Kier molecular flexibility index (Phi) is 9.77. The van der Waals surface area contributed by atoms with Crippen molar-refractivity contribution in [2.45, 2.75) is 76.3 Å². The number of nitrogens with zero attached hydrogens (tertiary/aromatic N) is 1. The number of amides is 3. The molecule has 2 aromatic rings. The summed E-state index contributed by atoms with van der Waals surface area (Å²) >= 11 is 0. The minimum absolute atomic E-state index is 0.0160. The Hall–Kier alpha value is -3.49. The van der Waals surface area contributed by atoms with Crippen LogP contribution in [0.1, 0.15) is 61.6 Å². The van der Waals surface area contributed by atoms with Gasteiger partial charge in [0.15, 0.2) is 0 Å². The van der Waals surface area contributed by atoms with E-state index in [0.29, 0.717) is 45.4 Å². The van der Waals surface area contributed by atoms with Crippen LogP contribution in [0.4, 0.5) is 5.69 Å². The zero-order valence-corrected chi connectivity index (χ0v) is 25.7. The van der Waals surface area contributed by atoms with Crippen LogP contribution in [0.15, 0.2) is 60.7 Å². The lowest BCUT2D eigenvalue weighted by atomic mass is 9.75. The lowest BCUT2D eigenvalue weighted by molar-refractivity contribution is -0.140. The van der Waals surface area contributed by atoms with Crippen molar-refractivity contribution in [2.75, 3.05) is 38.2 Å². The Bertz CT molecular complexity index is 1350. The summed E-state index contributed by atoms with van der Waals surface area (Å²) in [6.07, 6.45) is 12.7. The predicted octanol–water partition coefficient (Wildman–Crippen LogP) is 4.18. The van der Waals surface area contributed by atoms with E-state index in [2.05, 4.69) is 39.1 Å². The van der Waals surface area contributed by atoms with E-state index < -0.39 is 11.5 Å². The standard InChI is InChI=1S/C36H46N4O4/c41-33(37-31-15-8-13-27-11-4-5-14-29(27)31)25-40-20-16-30-28(24-40)12-6-7-17-36(18-21-44-22-19-36)35(43)39-32(34(42)38-30)23-26-9-2-1-3-10-26/h1-3,6-10,13,15,28,30,32H,4-5,11-12,14,16-25H2,(H,37,41)(H,38,42)(H,39,43)/b7-6+/t28-,30+,32-/m1/s1. The van der Waals surface area contributed by atoms with Crippen LogP contribution >= 0.6 is 0 Å². The first-order valence-electron chi connectivity index (χ1n) is 16.5. The van der Waals surface area contributed by atoms with Gasteiger partial charge in [-0.15, -0.1) is 0 Å². The molecule has 8 heteroatoms. The van der Waals surface area contributed by atoms with Gasteiger partial charge in [0.05, 0.1) is 12.0 Å². The second-order valence-electron chi connectivity index (χ2n) is 13.1. The summed E-state index contributed by atoms with van der Waals surface area (Å²) in [5.74, 6) is -0.00944. The highest BCUT2D eigenvalue weighted by atomic mass is 16.5. The summed E-state index contributed by atoms with van der Waals surface area (Å²) in [7, 11) is 0. The lowest BCUT2D eigenvalue weighted by Crippen LogP contribution is -2.58. The number of rotatable bonds is 5. The van der Waals surface area contributed by atoms with Crippen LogP contribution < -0.4 is 16.0 Å². The number of benzene rings is 2. The number of piperidine rings is 1. The smallest absolute Gasteiger partial charge is 0.243 e. The summed E-state index contributed by atoms with van der Waals surface area (Å²) < 4.78 is 5.62. The SMILES string of the molecule is O=C(CN1CC[C@@H]2NC(=O)[C@@H](Cc3ccccc3)NC(=O)C3(C/C=C/C[C@@H]2C1)CCOCC3)Nc1cccc2c1CCCC2. The third kappa shape index (κ3) is 7.24. The van der Waals surface area contributed by atoms with Crippen LogP contribution in [0.5, 0.6) is 0 Å². The highest BCUT2D eigenvalue weighted by molar-refractivity contribution is 5.93. The van der Waals surface area contributed by atoms with Gasteiger partial charge in [-0.3, -0.25) is 19.3 Å². The maximum absolute atomic E-state index is 13.8. The van der Waals surface area contributed by atoms with E-state index in [9.17, 15) is 14.4 Å². The fraction of sp³-hybridized carbons (Fsp3) is 0.528. The van der Waals surface area contributed by atoms with Gasteiger partial charge in [0.1, 0.15) is 6.04 Å².